The van der Waals surface area contributed by atoms with Crippen LogP contribution in [-0.4, -0.2) is 57.5 Å². The molecule has 1 aromatic heterocycles. The summed E-state index contributed by atoms with van der Waals surface area (Å²) in [7, 11) is 0. The van der Waals surface area contributed by atoms with Crippen LogP contribution in [0.2, 0.25) is 0 Å². The highest BCUT2D eigenvalue weighted by atomic mass is 19.4. The first-order valence-corrected chi connectivity index (χ1v) is 6.99. The maximum atomic E-state index is 13.2. The van der Waals surface area contributed by atoms with Gasteiger partial charge in [-0.05, 0) is 6.92 Å². The van der Waals surface area contributed by atoms with Gasteiger partial charge in [-0.15, -0.1) is 0 Å². The Kier molecular flexibility index (Phi) is 4.93. The molecule has 0 spiro atoms. The molecule has 128 valence electrons. The van der Waals surface area contributed by atoms with Crippen LogP contribution in [0.5, 0.6) is 0 Å². The van der Waals surface area contributed by atoms with E-state index in [1.807, 2.05) is 0 Å². The molecular weight excluding hydrogens is 319 g/mol. The molecule has 10 heteroatoms. The third kappa shape index (κ3) is 3.81. The minimum Gasteiger partial charge on any atom is -0.481 e. The number of aliphatic carboxylic acids is 1. The maximum absolute atomic E-state index is 13.2. The molecule has 0 radical (unpaired) electrons. The Hall–Kier alpha value is -2.10. The lowest BCUT2D eigenvalue weighted by Gasteiger charge is -2.32. The first-order valence-electron chi connectivity index (χ1n) is 6.99. The van der Waals surface area contributed by atoms with E-state index < -0.39 is 35.4 Å². The summed E-state index contributed by atoms with van der Waals surface area (Å²) in [5.41, 5.74) is -1.62. The van der Waals surface area contributed by atoms with Crippen LogP contribution in [0.15, 0.2) is 6.20 Å². The molecule has 1 fully saturated rings. The largest absolute Gasteiger partial charge is 0.481 e. The molecule has 1 saturated heterocycles. The molecule has 7 nitrogen and oxygen atoms in total. The Morgan fingerprint density at radius 3 is 2.74 bits per heavy atom. The Morgan fingerprint density at radius 2 is 2.17 bits per heavy atom. The summed E-state index contributed by atoms with van der Waals surface area (Å²) in [6, 6.07) is 0. The lowest BCUT2D eigenvalue weighted by molar-refractivity contribution is -0.144. The van der Waals surface area contributed by atoms with Crippen LogP contribution >= 0.6 is 0 Å². The molecule has 0 aromatic carbocycles. The minimum atomic E-state index is -4.70. The number of ether oxygens (including phenoxy) is 1. The van der Waals surface area contributed by atoms with E-state index in [1.54, 1.807) is 0 Å². The number of carbonyl (C=O) groups excluding carboxylic acids is 1. The van der Waals surface area contributed by atoms with Gasteiger partial charge >= 0.3 is 12.1 Å². The van der Waals surface area contributed by atoms with Crippen molar-refractivity contribution in [1.29, 1.82) is 0 Å². The summed E-state index contributed by atoms with van der Waals surface area (Å²) in [4.78, 5) is 24.3. The fraction of sp³-hybridized carbons (Fsp3) is 0.615. The molecule has 0 aliphatic carbocycles. The van der Waals surface area contributed by atoms with Gasteiger partial charge in [0.15, 0.2) is 5.69 Å². The monoisotopic (exact) mass is 335 g/mol. The first kappa shape index (κ1) is 17.3. The van der Waals surface area contributed by atoms with E-state index in [2.05, 4.69) is 5.10 Å². The first-order chi connectivity index (χ1) is 10.7. The zero-order valence-corrected chi connectivity index (χ0v) is 12.3. The van der Waals surface area contributed by atoms with Gasteiger partial charge in [0.25, 0.3) is 5.91 Å². The summed E-state index contributed by atoms with van der Waals surface area (Å²) in [5, 5.41) is 12.4. The molecule has 1 atom stereocenters. The second-order valence-electron chi connectivity index (χ2n) is 5.06. The van der Waals surface area contributed by atoms with Crippen LogP contribution in [-0.2, 0) is 22.3 Å². The summed E-state index contributed by atoms with van der Waals surface area (Å²) >= 11 is 0. The van der Waals surface area contributed by atoms with E-state index in [4.69, 9.17) is 9.84 Å². The number of nitrogens with zero attached hydrogens (tertiary/aromatic N) is 3. The Morgan fingerprint density at radius 1 is 1.48 bits per heavy atom. The molecule has 2 rings (SSSR count). The SMILES string of the molecule is CCn1ncc(C(=O)N2CCO[C@H](CC(=O)O)C2)c1C(F)(F)F. The summed E-state index contributed by atoms with van der Waals surface area (Å²) in [5.74, 6) is -1.92. The highest BCUT2D eigenvalue weighted by molar-refractivity contribution is 5.95. The molecule has 23 heavy (non-hydrogen) atoms. The smallest absolute Gasteiger partial charge is 0.433 e. The van der Waals surface area contributed by atoms with Crippen LogP contribution in [0, 0.1) is 0 Å². The van der Waals surface area contributed by atoms with Crippen molar-refractivity contribution in [3.8, 4) is 0 Å². The molecular formula is C13H16F3N3O4. The number of rotatable bonds is 4. The fourth-order valence-corrected chi connectivity index (χ4v) is 2.47. The molecule has 1 aliphatic rings. The number of morpholine rings is 1. The van der Waals surface area contributed by atoms with Crippen LogP contribution in [0.3, 0.4) is 0 Å². The number of halogens is 3. The average molecular weight is 335 g/mol. The molecule has 1 N–H and O–H groups in total. The summed E-state index contributed by atoms with van der Waals surface area (Å²) < 4.78 is 45.5. The molecule has 1 aliphatic heterocycles. The second kappa shape index (κ2) is 6.57. The highest BCUT2D eigenvalue weighted by Gasteiger charge is 2.41. The number of alkyl halides is 3. The van der Waals surface area contributed by atoms with Crippen LogP contribution in [0.25, 0.3) is 0 Å². The lowest BCUT2D eigenvalue weighted by Crippen LogP contribution is -2.46. The van der Waals surface area contributed by atoms with Crippen LogP contribution in [0.4, 0.5) is 13.2 Å². The predicted molar refractivity (Wildman–Crippen MR) is 70.8 cm³/mol. The number of carboxylic acid groups (broad SMARTS) is 1. The molecule has 2 heterocycles. The average Bonchev–Trinajstić information content (AvgIpc) is 2.90. The molecule has 0 unspecified atom stereocenters. The van der Waals surface area contributed by atoms with Crippen molar-refractivity contribution in [2.75, 3.05) is 19.7 Å². The van der Waals surface area contributed by atoms with E-state index in [9.17, 15) is 22.8 Å². The van der Waals surface area contributed by atoms with Gasteiger partial charge in [-0.2, -0.15) is 18.3 Å². The Balaban J connectivity index is 2.23. The third-order valence-corrected chi connectivity index (χ3v) is 3.47. The fourth-order valence-electron chi connectivity index (χ4n) is 2.47. The zero-order chi connectivity index (χ0) is 17.2. The summed E-state index contributed by atoms with van der Waals surface area (Å²) in [6.45, 7) is 1.58. The van der Waals surface area contributed by atoms with Crippen molar-refractivity contribution < 1.29 is 32.6 Å². The zero-order valence-electron chi connectivity index (χ0n) is 12.3. The van der Waals surface area contributed by atoms with E-state index >= 15 is 0 Å². The quantitative estimate of drug-likeness (QED) is 0.895. The van der Waals surface area contributed by atoms with E-state index in [0.717, 1.165) is 10.9 Å². The Labute approximate surface area is 129 Å². The number of carbonyl (C=O) groups is 2. The molecule has 0 saturated carbocycles. The van der Waals surface area contributed by atoms with Crippen molar-refractivity contribution in [2.45, 2.75) is 32.2 Å². The van der Waals surface area contributed by atoms with Gasteiger partial charge in [-0.3, -0.25) is 14.3 Å². The van der Waals surface area contributed by atoms with Gasteiger partial charge in [0.05, 0.1) is 30.9 Å². The van der Waals surface area contributed by atoms with Crippen molar-refractivity contribution in [3.05, 3.63) is 17.5 Å². The Bertz CT molecular complexity index is 600. The number of carboxylic acids is 1. The van der Waals surface area contributed by atoms with Crippen LogP contribution in [0.1, 0.15) is 29.4 Å². The number of hydrogen-bond donors (Lipinski definition) is 1. The van der Waals surface area contributed by atoms with Gasteiger partial charge in [0, 0.05) is 19.6 Å². The van der Waals surface area contributed by atoms with E-state index in [0.29, 0.717) is 0 Å². The number of hydrogen-bond acceptors (Lipinski definition) is 4. The summed E-state index contributed by atoms with van der Waals surface area (Å²) in [6.07, 6.45) is -4.86. The van der Waals surface area contributed by atoms with E-state index in [1.165, 1.54) is 11.8 Å². The van der Waals surface area contributed by atoms with Crippen molar-refractivity contribution in [3.63, 3.8) is 0 Å². The topological polar surface area (TPSA) is 84.7 Å². The van der Waals surface area contributed by atoms with Gasteiger partial charge in [0.1, 0.15) is 0 Å². The normalized spacial score (nSPS) is 19.0. The van der Waals surface area contributed by atoms with E-state index in [-0.39, 0.29) is 32.7 Å². The van der Waals surface area contributed by atoms with Gasteiger partial charge in [-0.1, -0.05) is 0 Å². The number of aromatic nitrogens is 2. The number of aryl methyl sites for hydroxylation is 1. The minimum absolute atomic E-state index is 0.0210. The van der Waals surface area contributed by atoms with Gasteiger partial charge in [0.2, 0.25) is 0 Å². The van der Waals surface area contributed by atoms with Crippen LogP contribution < -0.4 is 0 Å². The molecule has 0 bridgehead atoms. The van der Waals surface area contributed by atoms with Crippen molar-refractivity contribution in [1.82, 2.24) is 14.7 Å². The molecule has 1 amide bonds. The second-order valence-corrected chi connectivity index (χ2v) is 5.06. The standard InChI is InChI=1S/C13H16F3N3O4/c1-2-19-11(13(14,15)16)9(6-17-19)12(22)18-3-4-23-8(7-18)5-10(20)21/h6,8H,2-5,7H2,1H3,(H,20,21)/t8-/m1/s1. The lowest BCUT2D eigenvalue weighted by atomic mass is 10.1. The number of amides is 1. The highest BCUT2D eigenvalue weighted by Crippen LogP contribution is 2.32. The maximum Gasteiger partial charge on any atom is 0.433 e. The van der Waals surface area contributed by atoms with Crippen molar-refractivity contribution >= 4 is 11.9 Å². The third-order valence-electron chi connectivity index (χ3n) is 3.47. The van der Waals surface area contributed by atoms with Gasteiger partial charge in [-0.25, -0.2) is 0 Å². The molecule has 1 aromatic rings. The van der Waals surface area contributed by atoms with Gasteiger partial charge < -0.3 is 14.7 Å². The predicted octanol–water partition coefficient (Wildman–Crippen LogP) is 1.24. The van der Waals surface area contributed by atoms with Crippen molar-refractivity contribution in [2.24, 2.45) is 0 Å².